The lowest BCUT2D eigenvalue weighted by Crippen LogP contribution is -1.90. The monoisotopic (exact) mass is 124 g/mol. The van der Waals surface area contributed by atoms with E-state index in [0.717, 1.165) is 0 Å². The van der Waals surface area contributed by atoms with Crippen molar-refractivity contribution in [2.45, 2.75) is 0 Å². The normalized spacial score (nSPS) is 8.44. The summed E-state index contributed by atoms with van der Waals surface area (Å²) in [6.07, 6.45) is 4.30. The Balaban J connectivity index is 2.72. The van der Waals surface area contributed by atoms with Crippen LogP contribution in [0, 0.1) is 0 Å². The first-order valence-electron chi connectivity index (χ1n) is 2.30. The van der Waals surface area contributed by atoms with E-state index in [-0.39, 0.29) is 5.88 Å². The highest BCUT2D eigenvalue weighted by Gasteiger charge is 1.87. The van der Waals surface area contributed by atoms with Crippen LogP contribution in [0.25, 0.3) is 0 Å². The summed E-state index contributed by atoms with van der Waals surface area (Å²) in [5.74, 6) is 0.215. The maximum absolute atomic E-state index is 9.68. The highest BCUT2D eigenvalue weighted by atomic mass is 16.5. The Hall–Kier alpha value is -1.45. The highest BCUT2D eigenvalue weighted by Crippen LogP contribution is 1.97. The van der Waals surface area contributed by atoms with Gasteiger partial charge in [0.25, 0.3) is 6.47 Å². The minimum absolute atomic E-state index is 0.215. The molecule has 1 aromatic heterocycles. The van der Waals surface area contributed by atoms with Gasteiger partial charge in [0, 0.05) is 12.4 Å². The molecule has 4 heteroatoms. The summed E-state index contributed by atoms with van der Waals surface area (Å²) in [7, 11) is 0. The number of carbonyl (C=O) groups is 1. The standard InChI is InChI=1S/C5H4N2O2/c8-4-9-5-3-6-1-2-7-5/h1-4H. The molecule has 0 saturated heterocycles. The zero-order valence-corrected chi connectivity index (χ0v) is 4.52. The second kappa shape index (κ2) is 2.76. The fraction of sp³-hybridized carbons (Fsp3) is 0. The van der Waals surface area contributed by atoms with Gasteiger partial charge in [-0.15, -0.1) is 0 Å². The predicted octanol–water partition coefficient (Wildman–Crippen LogP) is 0.0118. The van der Waals surface area contributed by atoms with Gasteiger partial charge in [-0.2, -0.15) is 0 Å². The van der Waals surface area contributed by atoms with Gasteiger partial charge in [-0.25, -0.2) is 4.98 Å². The Morgan fingerprint density at radius 2 is 2.44 bits per heavy atom. The molecule has 9 heavy (non-hydrogen) atoms. The molecule has 0 aliphatic heterocycles. The van der Waals surface area contributed by atoms with Gasteiger partial charge in [-0.05, 0) is 0 Å². The van der Waals surface area contributed by atoms with Crippen LogP contribution in [-0.4, -0.2) is 16.4 Å². The Bertz CT molecular complexity index is 187. The molecule has 1 heterocycles. The molecule has 0 aliphatic rings. The van der Waals surface area contributed by atoms with Crippen molar-refractivity contribution in [1.29, 1.82) is 0 Å². The van der Waals surface area contributed by atoms with Crippen LogP contribution in [0.1, 0.15) is 0 Å². The topological polar surface area (TPSA) is 52.1 Å². The molecule has 0 unspecified atom stereocenters. The van der Waals surface area contributed by atoms with Gasteiger partial charge < -0.3 is 4.74 Å². The fourth-order valence-corrected chi connectivity index (χ4v) is 0.396. The van der Waals surface area contributed by atoms with Crippen molar-refractivity contribution in [2.24, 2.45) is 0 Å². The van der Waals surface area contributed by atoms with Crippen molar-refractivity contribution < 1.29 is 9.53 Å². The average molecular weight is 124 g/mol. The number of hydrogen-bond donors (Lipinski definition) is 0. The SMILES string of the molecule is O=COc1cnccn1. The van der Waals surface area contributed by atoms with Crippen molar-refractivity contribution in [3.63, 3.8) is 0 Å². The molecule has 0 N–H and O–H groups in total. The second-order valence-corrected chi connectivity index (χ2v) is 1.26. The second-order valence-electron chi connectivity index (χ2n) is 1.26. The molecule has 46 valence electrons. The molecule has 0 radical (unpaired) electrons. The first-order valence-corrected chi connectivity index (χ1v) is 2.30. The minimum Gasteiger partial charge on any atom is -0.408 e. The van der Waals surface area contributed by atoms with E-state index in [4.69, 9.17) is 0 Å². The van der Waals surface area contributed by atoms with Gasteiger partial charge in [0.15, 0.2) is 0 Å². The third-order valence-electron chi connectivity index (χ3n) is 0.708. The summed E-state index contributed by atoms with van der Waals surface area (Å²) in [4.78, 5) is 17.0. The van der Waals surface area contributed by atoms with Crippen LogP contribution in [0.3, 0.4) is 0 Å². The Morgan fingerprint density at radius 1 is 1.56 bits per heavy atom. The van der Waals surface area contributed by atoms with E-state index in [1.54, 1.807) is 0 Å². The first kappa shape index (κ1) is 5.68. The van der Waals surface area contributed by atoms with E-state index in [2.05, 4.69) is 14.7 Å². The summed E-state index contributed by atoms with van der Waals surface area (Å²) in [5, 5.41) is 0. The molecule has 0 spiro atoms. The number of carbonyl (C=O) groups excluding carboxylic acids is 1. The Kier molecular flexibility index (Phi) is 1.74. The van der Waals surface area contributed by atoms with Crippen molar-refractivity contribution in [1.82, 2.24) is 9.97 Å². The molecule has 0 amide bonds. The number of hydrogen-bond acceptors (Lipinski definition) is 4. The lowest BCUT2D eigenvalue weighted by atomic mass is 10.7. The summed E-state index contributed by atoms with van der Waals surface area (Å²) < 4.78 is 4.35. The molecule has 0 saturated carbocycles. The maximum atomic E-state index is 9.68. The molecular weight excluding hydrogens is 120 g/mol. The van der Waals surface area contributed by atoms with E-state index in [0.29, 0.717) is 6.47 Å². The summed E-state index contributed by atoms with van der Waals surface area (Å²) >= 11 is 0. The molecule has 1 aromatic rings. The molecule has 0 aromatic carbocycles. The van der Waals surface area contributed by atoms with E-state index in [1.807, 2.05) is 0 Å². The lowest BCUT2D eigenvalue weighted by Gasteiger charge is -1.90. The van der Waals surface area contributed by atoms with E-state index in [1.165, 1.54) is 18.6 Å². The van der Waals surface area contributed by atoms with E-state index >= 15 is 0 Å². The number of nitrogens with zero attached hydrogens (tertiary/aromatic N) is 2. The van der Waals surface area contributed by atoms with Crippen LogP contribution >= 0.6 is 0 Å². The van der Waals surface area contributed by atoms with Gasteiger partial charge in [0.1, 0.15) is 0 Å². The third-order valence-corrected chi connectivity index (χ3v) is 0.708. The molecular formula is C5H4N2O2. The van der Waals surface area contributed by atoms with Gasteiger partial charge >= 0.3 is 0 Å². The van der Waals surface area contributed by atoms with Crippen LogP contribution < -0.4 is 4.74 Å². The van der Waals surface area contributed by atoms with Gasteiger partial charge in [-0.1, -0.05) is 0 Å². The van der Waals surface area contributed by atoms with Crippen molar-refractivity contribution in [3.05, 3.63) is 18.6 Å². The van der Waals surface area contributed by atoms with Crippen LogP contribution in [0.4, 0.5) is 0 Å². The van der Waals surface area contributed by atoms with E-state index < -0.39 is 0 Å². The van der Waals surface area contributed by atoms with Gasteiger partial charge in [-0.3, -0.25) is 9.78 Å². The minimum atomic E-state index is 0.215. The maximum Gasteiger partial charge on any atom is 0.299 e. The Labute approximate surface area is 51.5 Å². The molecule has 0 atom stereocenters. The lowest BCUT2D eigenvalue weighted by molar-refractivity contribution is -0.120. The van der Waals surface area contributed by atoms with Gasteiger partial charge in [0.05, 0.1) is 6.20 Å². The molecule has 0 aliphatic carbocycles. The first-order chi connectivity index (χ1) is 4.43. The number of rotatable bonds is 2. The third kappa shape index (κ3) is 1.49. The number of ether oxygens (including phenoxy) is 1. The van der Waals surface area contributed by atoms with Crippen molar-refractivity contribution >= 4 is 6.47 Å². The molecule has 4 nitrogen and oxygen atoms in total. The van der Waals surface area contributed by atoms with Crippen molar-refractivity contribution in [2.75, 3.05) is 0 Å². The summed E-state index contributed by atoms with van der Waals surface area (Å²) in [5.41, 5.74) is 0. The van der Waals surface area contributed by atoms with E-state index in [9.17, 15) is 4.79 Å². The molecule has 0 fully saturated rings. The summed E-state index contributed by atoms with van der Waals surface area (Å²) in [6.45, 7) is 0.310. The molecule has 0 bridgehead atoms. The zero-order chi connectivity index (χ0) is 6.53. The van der Waals surface area contributed by atoms with Crippen LogP contribution in [0.2, 0.25) is 0 Å². The number of aromatic nitrogens is 2. The van der Waals surface area contributed by atoms with Gasteiger partial charge in [0.2, 0.25) is 5.88 Å². The highest BCUT2D eigenvalue weighted by molar-refractivity contribution is 5.42. The van der Waals surface area contributed by atoms with Crippen LogP contribution in [-0.2, 0) is 4.79 Å². The fourth-order valence-electron chi connectivity index (χ4n) is 0.396. The Morgan fingerprint density at radius 3 is 3.00 bits per heavy atom. The van der Waals surface area contributed by atoms with Crippen LogP contribution in [0.15, 0.2) is 18.6 Å². The smallest absolute Gasteiger partial charge is 0.299 e. The summed E-state index contributed by atoms with van der Waals surface area (Å²) in [6, 6.07) is 0. The largest absolute Gasteiger partial charge is 0.408 e. The van der Waals surface area contributed by atoms with Crippen molar-refractivity contribution in [3.8, 4) is 5.88 Å². The zero-order valence-electron chi connectivity index (χ0n) is 4.52. The van der Waals surface area contributed by atoms with Crippen LogP contribution in [0.5, 0.6) is 5.88 Å². The quantitative estimate of drug-likeness (QED) is 0.521. The molecule has 1 rings (SSSR count). The predicted molar refractivity (Wildman–Crippen MR) is 28.7 cm³/mol. The average Bonchev–Trinajstić information content (AvgIpc) is 1.91.